The Balaban J connectivity index is 1.12. The van der Waals surface area contributed by atoms with Crippen molar-refractivity contribution in [1.82, 2.24) is 20.2 Å². The third-order valence-corrected chi connectivity index (χ3v) is 10.7. The molecule has 1 saturated heterocycles. The quantitative estimate of drug-likeness (QED) is 0.147. The van der Waals surface area contributed by atoms with E-state index < -0.39 is 39.2 Å². The summed E-state index contributed by atoms with van der Waals surface area (Å²) < 4.78 is 35.5. The molecule has 2 unspecified atom stereocenters. The summed E-state index contributed by atoms with van der Waals surface area (Å²) in [4.78, 5) is 59.8. The van der Waals surface area contributed by atoms with Crippen molar-refractivity contribution >= 4 is 50.8 Å². The Morgan fingerprint density at radius 2 is 1.85 bits per heavy atom. The first kappa shape index (κ1) is 38.9. The standard InChI is InChI=1S/C39H37ClN6O8S/c1-5-32(36(49)43-26-8-11-29-23(17-26)20-46(37(29)50)31-12-13-33(47)45-35(31)48)54-34-22(19-41)16-25(18-30(34)40)39(2,3)24-6-9-28(10-7-24)53-21-27-14-15-42-38(44-27)55(4,51)52/h6-11,14-18,31-32H,5,12-13,20-21H2,1-4H3,(H,43,49)(H,45,47,48). The number of halogens is 1. The van der Waals surface area contributed by atoms with Crippen molar-refractivity contribution in [2.24, 2.45) is 0 Å². The summed E-state index contributed by atoms with van der Waals surface area (Å²) in [6.07, 6.45) is 2.01. The number of anilines is 1. The summed E-state index contributed by atoms with van der Waals surface area (Å²) in [5.41, 5.74) is 2.98. The number of carbonyl (C=O) groups excluding carboxylic acids is 4. The molecule has 0 saturated carbocycles. The average molecular weight is 785 g/mol. The minimum Gasteiger partial charge on any atom is -0.487 e. The predicted molar refractivity (Wildman–Crippen MR) is 200 cm³/mol. The fraction of sp³-hybridized carbons (Fsp3) is 0.308. The molecule has 0 bridgehead atoms. The number of amides is 4. The highest BCUT2D eigenvalue weighted by Gasteiger charge is 2.39. The zero-order chi connectivity index (χ0) is 39.7. The van der Waals surface area contributed by atoms with Crippen LogP contribution in [0.5, 0.6) is 11.5 Å². The summed E-state index contributed by atoms with van der Waals surface area (Å²) in [5, 5.41) is 15.1. The second kappa shape index (κ2) is 15.5. The van der Waals surface area contributed by atoms with E-state index in [1.54, 1.807) is 55.5 Å². The fourth-order valence-corrected chi connectivity index (χ4v) is 7.22. The topological polar surface area (TPSA) is 198 Å². The lowest BCUT2D eigenvalue weighted by molar-refractivity contribution is -0.137. The number of hydrogen-bond donors (Lipinski definition) is 2. The molecule has 2 atom stereocenters. The smallest absolute Gasteiger partial charge is 0.265 e. The Labute approximate surface area is 322 Å². The van der Waals surface area contributed by atoms with Crippen LogP contribution < -0.4 is 20.1 Å². The molecule has 1 fully saturated rings. The van der Waals surface area contributed by atoms with Crippen LogP contribution in [-0.2, 0) is 42.8 Å². The Bertz CT molecular complexity index is 2360. The highest BCUT2D eigenvalue weighted by atomic mass is 35.5. The van der Waals surface area contributed by atoms with Crippen molar-refractivity contribution in [2.45, 2.75) is 75.9 Å². The molecule has 0 aliphatic carbocycles. The predicted octanol–water partition coefficient (Wildman–Crippen LogP) is 4.87. The molecule has 284 valence electrons. The highest BCUT2D eigenvalue weighted by Crippen LogP contribution is 2.39. The van der Waals surface area contributed by atoms with Gasteiger partial charge >= 0.3 is 0 Å². The molecule has 4 amide bonds. The van der Waals surface area contributed by atoms with Gasteiger partial charge in [-0.25, -0.2) is 18.4 Å². The minimum atomic E-state index is -3.56. The lowest BCUT2D eigenvalue weighted by Gasteiger charge is -2.29. The van der Waals surface area contributed by atoms with Crippen molar-refractivity contribution in [3.63, 3.8) is 0 Å². The molecule has 0 radical (unpaired) electrons. The first-order valence-electron chi connectivity index (χ1n) is 17.3. The van der Waals surface area contributed by atoms with Gasteiger partial charge in [-0.05, 0) is 78.1 Å². The number of rotatable bonds is 12. The Morgan fingerprint density at radius 1 is 1.11 bits per heavy atom. The van der Waals surface area contributed by atoms with Crippen molar-refractivity contribution in [1.29, 1.82) is 5.26 Å². The van der Waals surface area contributed by atoms with Gasteiger partial charge < -0.3 is 19.7 Å². The van der Waals surface area contributed by atoms with Gasteiger partial charge in [0.25, 0.3) is 11.8 Å². The molecule has 16 heteroatoms. The van der Waals surface area contributed by atoms with Crippen LogP contribution in [-0.4, -0.2) is 65.3 Å². The molecule has 1 aromatic heterocycles. The Hall–Kier alpha value is -5.85. The first-order valence-corrected chi connectivity index (χ1v) is 19.6. The van der Waals surface area contributed by atoms with E-state index in [1.807, 2.05) is 26.0 Å². The normalized spacial score (nSPS) is 16.2. The molecular weight excluding hydrogens is 748 g/mol. The third kappa shape index (κ3) is 8.30. The highest BCUT2D eigenvalue weighted by molar-refractivity contribution is 7.90. The molecule has 6 rings (SSSR count). The van der Waals surface area contributed by atoms with E-state index in [0.29, 0.717) is 28.3 Å². The number of sulfone groups is 1. The fourth-order valence-electron chi connectivity index (χ4n) is 6.42. The summed E-state index contributed by atoms with van der Waals surface area (Å²) in [6.45, 7) is 5.89. The summed E-state index contributed by atoms with van der Waals surface area (Å²) >= 11 is 6.75. The number of hydrogen-bond acceptors (Lipinski definition) is 11. The van der Waals surface area contributed by atoms with E-state index in [2.05, 4.69) is 26.7 Å². The third-order valence-electron chi connectivity index (χ3n) is 9.59. The van der Waals surface area contributed by atoms with Gasteiger partial charge in [0.1, 0.15) is 24.5 Å². The number of nitrogens with zero attached hydrogens (tertiary/aromatic N) is 4. The van der Waals surface area contributed by atoms with Crippen molar-refractivity contribution in [3.05, 3.63) is 105 Å². The maximum Gasteiger partial charge on any atom is 0.265 e. The number of piperidine rings is 1. The molecule has 4 aromatic rings. The number of fused-ring (bicyclic) bond motifs is 1. The SMILES string of the molecule is CCC(Oc1c(Cl)cc(C(C)(C)c2ccc(OCc3ccnc(S(C)(=O)=O)n3)cc2)cc1C#N)C(=O)Nc1ccc2c(c1)CN(C1CCC(=O)NC1=O)C2=O. The van der Waals surface area contributed by atoms with Crippen LogP contribution in [0.3, 0.4) is 0 Å². The summed E-state index contributed by atoms with van der Waals surface area (Å²) in [7, 11) is -3.56. The summed E-state index contributed by atoms with van der Waals surface area (Å²) in [5.74, 6) is -1.09. The van der Waals surface area contributed by atoms with Crippen LogP contribution in [0, 0.1) is 11.3 Å². The van der Waals surface area contributed by atoms with Crippen molar-refractivity contribution in [3.8, 4) is 17.6 Å². The second-order valence-electron chi connectivity index (χ2n) is 13.8. The number of nitriles is 1. The van der Waals surface area contributed by atoms with Crippen LogP contribution >= 0.6 is 11.6 Å². The van der Waals surface area contributed by atoms with Crippen LogP contribution in [0.4, 0.5) is 5.69 Å². The maximum atomic E-state index is 13.5. The zero-order valence-corrected chi connectivity index (χ0v) is 32.0. The minimum absolute atomic E-state index is 0.0344. The number of nitrogens with one attached hydrogen (secondary N) is 2. The lowest BCUT2D eigenvalue weighted by atomic mass is 9.77. The Kier molecular flexibility index (Phi) is 10.9. The van der Waals surface area contributed by atoms with E-state index in [4.69, 9.17) is 21.1 Å². The van der Waals surface area contributed by atoms with E-state index >= 15 is 0 Å². The Morgan fingerprint density at radius 3 is 2.53 bits per heavy atom. The van der Waals surface area contributed by atoms with Gasteiger partial charge in [-0.15, -0.1) is 0 Å². The van der Waals surface area contributed by atoms with Crippen molar-refractivity contribution < 1.29 is 37.1 Å². The molecule has 3 aromatic carbocycles. The second-order valence-corrected chi connectivity index (χ2v) is 16.1. The number of benzene rings is 3. The van der Waals surface area contributed by atoms with Gasteiger partial charge in [0, 0.05) is 42.1 Å². The van der Waals surface area contributed by atoms with Crippen LogP contribution in [0.2, 0.25) is 5.02 Å². The van der Waals surface area contributed by atoms with Crippen molar-refractivity contribution in [2.75, 3.05) is 11.6 Å². The van der Waals surface area contributed by atoms with Gasteiger partial charge in [-0.2, -0.15) is 5.26 Å². The number of ether oxygens (including phenoxy) is 2. The van der Waals surface area contributed by atoms with E-state index in [0.717, 1.165) is 17.4 Å². The van der Waals surface area contributed by atoms with E-state index in [-0.39, 0.29) is 65.7 Å². The zero-order valence-electron chi connectivity index (χ0n) is 30.4. The molecular formula is C39H37ClN6O8S. The van der Waals surface area contributed by atoms with Gasteiger partial charge in [-0.3, -0.25) is 24.5 Å². The average Bonchev–Trinajstić information content (AvgIpc) is 3.47. The van der Waals surface area contributed by atoms with Gasteiger partial charge in [0.05, 0.1) is 16.3 Å². The molecule has 14 nitrogen and oxygen atoms in total. The number of imide groups is 1. The molecule has 2 N–H and O–H groups in total. The first-order chi connectivity index (χ1) is 26.1. The van der Waals surface area contributed by atoms with Gasteiger partial charge in [0.2, 0.25) is 26.8 Å². The van der Waals surface area contributed by atoms with Gasteiger partial charge in [-0.1, -0.05) is 44.5 Å². The monoisotopic (exact) mass is 784 g/mol. The van der Waals surface area contributed by atoms with Crippen LogP contribution in [0.1, 0.15) is 78.3 Å². The molecule has 55 heavy (non-hydrogen) atoms. The molecule has 2 aliphatic heterocycles. The van der Waals surface area contributed by atoms with E-state index in [9.17, 15) is 32.9 Å². The number of aromatic nitrogens is 2. The largest absolute Gasteiger partial charge is 0.487 e. The lowest BCUT2D eigenvalue weighted by Crippen LogP contribution is -2.52. The van der Waals surface area contributed by atoms with Gasteiger partial charge in [0.15, 0.2) is 11.9 Å². The van der Waals surface area contributed by atoms with Crippen LogP contribution in [0.25, 0.3) is 0 Å². The van der Waals surface area contributed by atoms with E-state index in [1.165, 1.54) is 11.1 Å². The molecule has 0 spiro atoms. The van der Waals surface area contributed by atoms with Crippen LogP contribution in [0.15, 0.2) is 72.0 Å². The number of carbonyl (C=O) groups is 4. The molecule has 2 aliphatic rings. The molecule has 3 heterocycles. The summed E-state index contributed by atoms with van der Waals surface area (Å²) in [6, 6.07) is 18.5. The maximum absolute atomic E-state index is 13.5.